The van der Waals surface area contributed by atoms with Gasteiger partial charge in [-0.05, 0) is 29.7 Å². The van der Waals surface area contributed by atoms with Crippen molar-refractivity contribution >= 4 is 5.91 Å². The molecule has 0 aliphatic rings. The maximum atomic E-state index is 12.8. The minimum Gasteiger partial charge on any atom is -0.351 e. The molecule has 1 N–H and O–H groups in total. The Kier molecular flexibility index (Phi) is 4.88. The van der Waals surface area contributed by atoms with Crippen LogP contribution in [0.5, 0.6) is 0 Å². The summed E-state index contributed by atoms with van der Waals surface area (Å²) in [6.45, 7) is 2.41. The van der Waals surface area contributed by atoms with Gasteiger partial charge in [-0.1, -0.05) is 49.4 Å². The molecule has 0 heterocycles. The first-order valence-corrected chi connectivity index (χ1v) is 6.77. The molecule has 2 aromatic carbocycles. The number of nitrogens with one attached hydrogen (secondary N) is 1. The van der Waals surface area contributed by atoms with Crippen LogP contribution in [0, 0.1) is 5.82 Å². The average Bonchev–Trinajstić information content (AvgIpc) is 2.48. The Balaban J connectivity index is 1.98. The van der Waals surface area contributed by atoms with Crippen LogP contribution in [0.15, 0.2) is 54.6 Å². The molecule has 1 amide bonds. The van der Waals surface area contributed by atoms with Gasteiger partial charge in [-0.2, -0.15) is 0 Å². The number of hydrogen-bond acceptors (Lipinski definition) is 1. The molecular weight excluding hydrogens is 253 g/mol. The first kappa shape index (κ1) is 14.3. The van der Waals surface area contributed by atoms with Crippen LogP contribution in [-0.2, 0) is 11.3 Å². The summed E-state index contributed by atoms with van der Waals surface area (Å²) in [5, 5.41) is 2.91. The molecule has 1 atom stereocenters. The van der Waals surface area contributed by atoms with Gasteiger partial charge in [0, 0.05) is 6.54 Å². The van der Waals surface area contributed by atoms with Crippen LogP contribution in [0.4, 0.5) is 4.39 Å². The summed E-state index contributed by atoms with van der Waals surface area (Å²) < 4.78 is 12.8. The second kappa shape index (κ2) is 6.85. The van der Waals surface area contributed by atoms with Crippen LogP contribution < -0.4 is 5.32 Å². The molecule has 3 heteroatoms. The second-order valence-electron chi connectivity index (χ2n) is 4.72. The highest BCUT2D eigenvalue weighted by Gasteiger charge is 2.17. The van der Waals surface area contributed by atoms with E-state index in [1.807, 2.05) is 37.3 Å². The van der Waals surface area contributed by atoms with E-state index < -0.39 is 0 Å². The fourth-order valence-corrected chi connectivity index (χ4v) is 2.17. The van der Waals surface area contributed by atoms with Gasteiger partial charge >= 0.3 is 0 Å². The zero-order valence-corrected chi connectivity index (χ0v) is 11.5. The van der Waals surface area contributed by atoms with Gasteiger partial charge in [0.2, 0.25) is 5.91 Å². The van der Waals surface area contributed by atoms with Gasteiger partial charge in [0.1, 0.15) is 5.82 Å². The maximum Gasteiger partial charge on any atom is 0.227 e. The summed E-state index contributed by atoms with van der Waals surface area (Å²) >= 11 is 0. The van der Waals surface area contributed by atoms with Crippen LogP contribution in [0.1, 0.15) is 30.4 Å². The van der Waals surface area contributed by atoms with Gasteiger partial charge in [-0.15, -0.1) is 0 Å². The second-order valence-corrected chi connectivity index (χ2v) is 4.72. The molecule has 0 unspecified atom stereocenters. The Bertz CT molecular complexity index is 551. The van der Waals surface area contributed by atoms with Gasteiger partial charge in [0.25, 0.3) is 0 Å². The number of benzene rings is 2. The minimum atomic E-state index is -0.268. The van der Waals surface area contributed by atoms with Crippen molar-refractivity contribution in [2.45, 2.75) is 25.8 Å². The highest BCUT2D eigenvalue weighted by molar-refractivity contribution is 5.83. The third kappa shape index (κ3) is 3.67. The average molecular weight is 271 g/mol. The molecule has 0 aromatic heterocycles. The van der Waals surface area contributed by atoms with E-state index in [2.05, 4.69) is 5.32 Å². The Hall–Kier alpha value is -2.16. The molecule has 0 aliphatic carbocycles. The van der Waals surface area contributed by atoms with Crippen LogP contribution in [0.3, 0.4) is 0 Å². The lowest BCUT2D eigenvalue weighted by Crippen LogP contribution is -2.28. The van der Waals surface area contributed by atoms with Crippen molar-refractivity contribution < 1.29 is 9.18 Å². The van der Waals surface area contributed by atoms with Crippen molar-refractivity contribution in [3.63, 3.8) is 0 Å². The Morgan fingerprint density at radius 2 is 1.75 bits per heavy atom. The van der Waals surface area contributed by atoms with Crippen molar-refractivity contribution in [1.82, 2.24) is 5.32 Å². The van der Waals surface area contributed by atoms with Gasteiger partial charge in [-0.3, -0.25) is 4.79 Å². The molecule has 0 radical (unpaired) electrons. The topological polar surface area (TPSA) is 29.1 Å². The molecule has 2 aromatic rings. The summed E-state index contributed by atoms with van der Waals surface area (Å²) in [6.07, 6.45) is 0.749. The lowest BCUT2D eigenvalue weighted by molar-refractivity contribution is -0.122. The standard InChI is InChI=1S/C17H18FNO/c1-2-16(14-6-4-3-5-7-14)17(20)19-12-13-8-10-15(18)11-9-13/h3-11,16H,2,12H2,1H3,(H,19,20)/t16-/m1/s1. The quantitative estimate of drug-likeness (QED) is 0.884. The smallest absolute Gasteiger partial charge is 0.227 e. The van der Waals surface area contributed by atoms with Gasteiger partial charge in [0.15, 0.2) is 0 Å². The largest absolute Gasteiger partial charge is 0.351 e. The monoisotopic (exact) mass is 271 g/mol. The van der Waals surface area contributed by atoms with Crippen LogP contribution in [0.25, 0.3) is 0 Å². The zero-order chi connectivity index (χ0) is 14.4. The molecule has 0 spiro atoms. The third-order valence-corrected chi connectivity index (χ3v) is 3.31. The number of carbonyl (C=O) groups is 1. The molecule has 2 nitrogen and oxygen atoms in total. The molecule has 0 bridgehead atoms. The summed E-state index contributed by atoms with van der Waals surface area (Å²) in [6, 6.07) is 15.9. The minimum absolute atomic E-state index is 0.00280. The fraction of sp³-hybridized carbons (Fsp3) is 0.235. The highest BCUT2D eigenvalue weighted by Crippen LogP contribution is 2.19. The van der Waals surface area contributed by atoms with E-state index >= 15 is 0 Å². The zero-order valence-electron chi connectivity index (χ0n) is 11.5. The third-order valence-electron chi connectivity index (χ3n) is 3.31. The summed E-state index contributed by atoms with van der Waals surface area (Å²) in [5.74, 6) is -0.407. The predicted octanol–water partition coefficient (Wildman–Crippen LogP) is 3.64. The molecule has 0 fully saturated rings. The highest BCUT2D eigenvalue weighted by atomic mass is 19.1. The first-order valence-electron chi connectivity index (χ1n) is 6.77. The van der Waals surface area contributed by atoms with E-state index in [0.29, 0.717) is 6.54 Å². The van der Waals surface area contributed by atoms with E-state index in [1.165, 1.54) is 12.1 Å². The van der Waals surface area contributed by atoms with E-state index in [1.54, 1.807) is 12.1 Å². The van der Waals surface area contributed by atoms with E-state index in [-0.39, 0.29) is 17.6 Å². The van der Waals surface area contributed by atoms with Gasteiger partial charge in [-0.25, -0.2) is 4.39 Å². The Labute approximate surface area is 118 Å². The molecule has 104 valence electrons. The van der Waals surface area contributed by atoms with Crippen LogP contribution >= 0.6 is 0 Å². The molecular formula is C17H18FNO. The van der Waals surface area contributed by atoms with Crippen molar-refractivity contribution in [2.24, 2.45) is 0 Å². The SMILES string of the molecule is CC[C@@H](C(=O)NCc1ccc(F)cc1)c1ccccc1. The normalized spacial score (nSPS) is 11.9. The summed E-state index contributed by atoms with van der Waals surface area (Å²) in [4.78, 5) is 12.2. The first-order chi connectivity index (χ1) is 9.70. The predicted molar refractivity (Wildman–Crippen MR) is 77.7 cm³/mol. The number of rotatable bonds is 5. The number of amides is 1. The molecule has 0 saturated heterocycles. The van der Waals surface area contributed by atoms with Crippen LogP contribution in [-0.4, -0.2) is 5.91 Å². The maximum absolute atomic E-state index is 12.8. The molecule has 2 rings (SSSR count). The lowest BCUT2D eigenvalue weighted by atomic mass is 9.95. The van der Waals surface area contributed by atoms with Crippen molar-refractivity contribution in [1.29, 1.82) is 0 Å². The molecule has 0 aliphatic heterocycles. The van der Waals surface area contributed by atoms with E-state index in [4.69, 9.17) is 0 Å². The Morgan fingerprint density at radius 3 is 2.35 bits per heavy atom. The van der Waals surface area contributed by atoms with Crippen molar-refractivity contribution in [2.75, 3.05) is 0 Å². The lowest BCUT2D eigenvalue weighted by Gasteiger charge is -2.15. The van der Waals surface area contributed by atoms with E-state index in [0.717, 1.165) is 17.5 Å². The van der Waals surface area contributed by atoms with E-state index in [9.17, 15) is 9.18 Å². The van der Waals surface area contributed by atoms with Crippen LogP contribution in [0.2, 0.25) is 0 Å². The van der Waals surface area contributed by atoms with Gasteiger partial charge < -0.3 is 5.32 Å². The van der Waals surface area contributed by atoms with Crippen molar-refractivity contribution in [3.05, 3.63) is 71.5 Å². The van der Waals surface area contributed by atoms with Gasteiger partial charge in [0.05, 0.1) is 5.92 Å². The number of halogens is 1. The molecule has 20 heavy (non-hydrogen) atoms. The Morgan fingerprint density at radius 1 is 1.10 bits per heavy atom. The fourth-order valence-electron chi connectivity index (χ4n) is 2.17. The van der Waals surface area contributed by atoms with Crippen molar-refractivity contribution in [3.8, 4) is 0 Å². The summed E-state index contributed by atoms with van der Waals surface area (Å²) in [5.41, 5.74) is 1.91. The number of hydrogen-bond donors (Lipinski definition) is 1. The summed E-state index contributed by atoms with van der Waals surface area (Å²) in [7, 11) is 0. The number of carbonyl (C=O) groups excluding carboxylic acids is 1. The molecule has 0 saturated carbocycles.